The van der Waals surface area contributed by atoms with Crippen LogP contribution in [0.15, 0.2) is 46.7 Å². The second-order valence-corrected chi connectivity index (χ2v) is 5.87. The predicted molar refractivity (Wildman–Crippen MR) is 79.3 cm³/mol. The van der Waals surface area contributed by atoms with Crippen LogP contribution < -0.4 is 5.32 Å². The summed E-state index contributed by atoms with van der Waals surface area (Å²) in [5.41, 5.74) is 2.38. The van der Waals surface area contributed by atoms with Crippen molar-refractivity contribution < 1.29 is 0 Å². The minimum Gasteiger partial charge on any atom is -0.310 e. The molecule has 100 valence electrons. The largest absolute Gasteiger partial charge is 0.310 e. The Morgan fingerprint density at radius 1 is 1.11 bits per heavy atom. The number of nitrogens with zero attached hydrogens (tertiary/aromatic N) is 2. The third-order valence-corrected chi connectivity index (χ3v) is 3.53. The van der Waals surface area contributed by atoms with Crippen molar-refractivity contribution in [2.75, 3.05) is 0 Å². The highest BCUT2D eigenvalue weighted by Crippen LogP contribution is 2.24. The number of nitrogens with one attached hydrogen (secondary N) is 1. The molecule has 0 unspecified atom stereocenters. The van der Waals surface area contributed by atoms with Gasteiger partial charge in [-0.1, -0.05) is 31.5 Å². The van der Waals surface area contributed by atoms with E-state index in [2.05, 4.69) is 60.3 Å². The van der Waals surface area contributed by atoms with Crippen LogP contribution in [0, 0.1) is 6.92 Å². The van der Waals surface area contributed by atoms with Gasteiger partial charge in [0.15, 0.2) is 5.16 Å². The second kappa shape index (κ2) is 6.68. The minimum atomic E-state index is 0.474. The van der Waals surface area contributed by atoms with Gasteiger partial charge in [-0.05, 0) is 30.8 Å². The van der Waals surface area contributed by atoms with E-state index in [1.54, 1.807) is 11.8 Å². The van der Waals surface area contributed by atoms with Crippen LogP contribution in [0.25, 0.3) is 0 Å². The monoisotopic (exact) mass is 273 g/mol. The zero-order chi connectivity index (χ0) is 13.7. The van der Waals surface area contributed by atoms with Gasteiger partial charge in [0.05, 0.1) is 0 Å². The molecule has 0 amide bonds. The highest BCUT2D eigenvalue weighted by molar-refractivity contribution is 7.99. The SMILES string of the molecule is Cc1ccc(Sc2ncc(CNC(C)C)cn2)cc1. The molecule has 4 heteroatoms. The summed E-state index contributed by atoms with van der Waals surface area (Å²) in [4.78, 5) is 9.94. The molecule has 0 atom stereocenters. The number of aromatic nitrogens is 2. The Morgan fingerprint density at radius 3 is 2.32 bits per heavy atom. The number of aryl methyl sites for hydroxylation is 1. The van der Waals surface area contributed by atoms with Crippen LogP contribution in [0.2, 0.25) is 0 Å². The number of rotatable bonds is 5. The van der Waals surface area contributed by atoms with Crippen LogP contribution in [-0.2, 0) is 6.54 Å². The van der Waals surface area contributed by atoms with Crippen molar-refractivity contribution in [3.05, 3.63) is 47.8 Å². The lowest BCUT2D eigenvalue weighted by Crippen LogP contribution is -2.21. The van der Waals surface area contributed by atoms with Crippen LogP contribution in [0.5, 0.6) is 0 Å². The van der Waals surface area contributed by atoms with Crippen LogP contribution in [-0.4, -0.2) is 16.0 Å². The van der Waals surface area contributed by atoms with E-state index in [4.69, 9.17) is 0 Å². The van der Waals surface area contributed by atoms with E-state index in [0.29, 0.717) is 6.04 Å². The van der Waals surface area contributed by atoms with Gasteiger partial charge in [0.25, 0.3) is 0 Å². The topological polar surface area (TPSA) is 37.8 Å². The normalized spacial score (nSPS) is 10.9. The van der Waals surface area contributed by atoms with Crippen LogP contribution in [0.1, 0.15) is 25.0 Å². The first kappa shape index (κ1) is 14.0. The Morgan fingerprint density at radius 2 is 1.74 bits per heavy atom. The Balaban J connectivity index is 1.96. The third-order valence-electron chi connectivity index (χ3n) is 2.63. The molecule has 0 spiro atoms. The molecule has 0 aliphatic heterocycles. The molecule has 0 bridgehead atoms. The summed E-state index contributed by atoms with van der Waals surface area (Å²) in [6, 6.07) is 8.86. The zero-order valence-electron chi connectivity index (χ0n) is 11.6. The average Bonchev–Trinajstić information content (AvgIpc) is 2.40. The molecule has 0 saturated carbocycles. The van der Waals surface area contributed by atoms with E-state index in [1.165, 1.54) is 10.5 Å². The van der Waals surface area contributed by atoms with Gasteiger partial charge in [0, 0.05) is 35.4 Å². The number of hydrogen-bond acceptors (Lipinski definition) is 4. The van der Waals surface area contributed by atoms with E-state index < -0.39 is 0 Å². The number of benzene rings is 1. The van der Waals surface area contributed by atoms with Crippen molar-refractivity contribution in [3.63, 3.8) is 0 Å². The molecular formula is C15H19N3S. The van der Waals surface area contributed by atoms with E-state index in [1.807, 2.05) is 12.4 Å². The van der Waals surface area contributed by atoms with Crippen LogP contribution in [0.4, 0.5) is 0 Å². The van der Waals surface area contributed by atoms with Gasteiger partial charge in [0.2, 0.25) is 0 Å². The molecule has 1 N–H and O–H groups in total. The average molecular weight is 273 g/mol. The van der Waals surface area contributed by atoms with E-state index >= 15 is 0 Å². The van der Waals surface area contributed by atoms with Crippen molar-refractivity contribution in [3.8, 4) is 0 Å². The van der Waals surface area contributed by atoms with Crippen LogP contribution >= 0.6 is 11.8 Å². The van der Waals surface area contributed by atoms with E-state index in [0.717, 1.165) is 17.3 Å². The highest BCUT2D eigenvalue weighted by Gasteiger charge is 2.01. The maximum absolute atomic E-state index is 4.39. The molecule has 2 rings (SSSR count). The van der Waals surface area contributed by atoms with E-state index in [-0.39, 0.29) is 0 Å². The summed E-state index contributed by atoms with van der Waals surface area (Å²) >= 11 is 1.59. The van der Waals surface area contributed by atoms with Crippen molar-refractivity contribution >= 4 is 11.8 Å². The Hall–Kier alpha value is -1.39. The molecule has 0 fully saturated rings. The fraction of sp³-hybridized carbons (Fsp3) is 0.333. The number of hydrogen-bond donors (Lipinski definition) is 1. The zero-order valence-corrected chi connectivity index (χ0v) is 12.4. The lowest BCUT2D eigenvalue weighted by molar-refractivity contribution is 0.585. The molecule has 1 heterocycles. The van der Waals surface area contributed by atoms with Crippen molar-refractivity contribution in [2.24, 2.45) is 0 Å². The van der Waals surface area contributed by atoms with Gasteiger partial charge in [-0.2, -0.15) is 0 Å². The molecule has 0 saturated heterocycles. The summed E-state index contributed by atoms with van der Waals surface area (Å²) in [7, 11) is 0. The molecule has 19 heavy (non-hydrogen) atoms. The van der Waals surface area contributed by atoms with Gasteiger partial charge in [-0.3, -0.25) is 0 Å². The maximum atomic E-state index is 4.39. The molecule has 3 nitrogen and oxygen atoms in total. The first-order valence-corrected chi connectivity index (χ1v) is 7.24. The highest BCUT2D eigenvalue weighted by atomic mass is 32.2. The van der Waals surface area contributed by atoms with Crippen molar-refractivity contribution in [2.45, 2.75) is 43.4 Å². The summed E-state index contributed by atoms with van der Waals surface area (Å²) in [5, 5.41) is 4.14. The van der Waals surface area contributed by atoms with Crippen molar-refractivity contribution in [1.29, 1.82) is 0 Å². The first-order chi connectivity index (χ1) is 9.13. The summed E-state index contributed by atoms with van der Waals surface area (Å²) in [5.74, 6) is 0. The molecule has 1 aromatic heterocycles. The quantitative estimate of drug-likeness (QED) is 0.847. The molecule has 2 aromatic rings. The lowest BCUT2D eigenvalue weighted by Gasteiger charge is -2.07. The van der Waals surface area contributed by atoms with Gasteiger partial charge < -0.3 is 5.32 Å². The maximum Gasteiger partial charge on any atom is 0.192 e. The second-order valence-electron chi connectivity index (χ2n) is 4.82. The molecule has 0 radical (unpaired) electrons. The van der Waals surface area contributed by atoms with Gasteiger partial charge in [-0.15, -0.1) is 0 Å². The van der Waals surface area contributed by atoms with Crippen LogP contribution in [0.3, 0.4) is 0 Å². The first-order valence-electron chi connectivity index (χ1n) is 6.42. The van der Waals surface area contributed by atoms with Crippen molar-refractivity contribution in [1.82, 2.24) is 15.3 Å². The summed E-state index contributed by atoms with van der Waals surface area (Å²) in [6.07, 6.45) is 3.78. The fourth-order valence-corrected chi connectivity index (χ4v) is 2.21. The van der Waals surface area contributed by atoms with Gasteiger partial charge in [0.1, 0.15) is 0 Å². The molecule has 1 aromatic carbocycles. The summed E-state index contributed by atoms with van der Waals surface area (Å²) in [6.45, 7) is 7.15. The third kappa shape index (κ3) is 4.65. The van der Waals surface area contributed by atoms with Gasteiger partial charge in [-0.25, -0.2) is 9.97 Å². The van der Waals surface area contributed by atoms with E-state index in [9.17, 15) is 0 Å². The lowest BCUT2D eigenvalue weighted by atomic mass is 10.2. The fourth-order valence-electron chi connectivity index (χ4n) is 1.52. The summed E-state index contributed by atoms with van der Waals surface area (Å²) < 4.78 is 0. The Bertz CT molecular complexity index is 506. The Labute approximate surface area is 118 Å². The predicted octanol–water partition coefficient (Wildman–Crippen LogP) is 3.43. The smallest absolute Gasteiger partial charge is 0.192 e. The Kier molecular flexibility index (Phi) is 4.93. The standard InChI is InChI=1S/C15H19N3S/c1-11(2)16-8-13-9-17-15(18-10-13)19-14-6-4-12(3)5-7-14/h4-7,9-11,16H,8H2,1-3H3. The molecule has 0 aliphatic carbocycles. The molecule has 0 aliphatic rings. The van der Waals surface area contributed by atoms with Gasteiger partial charge >= 0.3 is 0 Å². The molecular weight excluding hydrogens is 254 g/mol. The minimum absolute atomic E-state index is 0.474.